The fourth-order valence-electron chi connectivity index (χ4n) is 5.69. The summed E-state index contributed by atoms with van der Waals surface area (Å²) in [6.45, 7) is 6.05. The Morgan fingerprint density at radius 3 is 1.32 bits per heavy atom. The lowest BCUT2D eigenvalue weighted by molar-refractivity contribution is -0.123. The Kier molecular flexibility index (Phi) is 33.7. The van der Waals surface area contributed by atoms with E-state index in [9.17, 15) is 9.59 Å². The fraction of sp³-hybridized carbons (Fsp3) is 0.944. The summed E-state index contributed by atoms with van der Waals surface area (Å²) in [5.74, 6) is 0.138. The average molecular weight is 625 g/mol. The molecule has 8 heteroatoms. The Labute approximate surface area is 273 Å². The summed E-state index contributed by atoms with van der Waals surface area (Å²) in [4.78, 5) is 24.8. The van der Waals surface area contributed by atoms with Crippen LogP contribution in [0, 0.1) is 0 Å². The van der Waals surface area contributed by atoms with Gasteiger partial charge in [-0.1, -0.05) is 129 Å². The van der Waals surface area contributed by atoms with Crippen LogP contribution in [0.25, 0.3) is 0 Å². The molecular weight excluding hydrogens is 548 g/mol. The summed E-state index contributed by atoms with van der Waals surface area (Å²) < 4.78 is 0. The number of carbonyl (C=O) groups is 2. The van der Waals surface area contributed by atoms with Gasteiger partial charge in [0.1, 0.15) is 0 Å². The Morgan fingerprint density at radius 1 is 0.477 bits per heavy atom. The van der Waals surface area contributed by atoms with Crippen molar-refractivity contribution in [2.24, 2.45) is 17.2 Å². The van der Waals surface area contributed by atoms with E-state index in [-0.39, 0.29) is 17.9 Å². The summed E-state index contributed by atoms with van der Waals surface area (Å²) in [6, 6.07) is -0.484. The average Bonchev–Trinajstić information content (AvgIpc) is 3.02. The van der Waals surface area contributed by atoms with Gasteiger partial charge in [-0.05, 0) is 64.6 Å². The summed E-state index contributed by atoms with van der Waals surface area (Å²) in [5.41, 5.74) is 17.1. The molecule has 0 spiro atoms. The third kappa shape index (κ3) is 29.5. The number of hydrogen-bond acceptors (Lipinski definition) is 6. The summed E-state index contributed by atoms with van der Waals surface area (Å²) in [6.07, 6.45) is 30.7. The summed E-state index contributed by atoms with van der Waals surface area (Å²) >= 11 is 0. The second-order valence-corrected chi connectivity index (χ2v) is 13.0. The molecule has 9 N–H and O–H groups in total. The van der Waals surface area contributed by atoms with E-state index in [0.717, 1.165) is 77.4 Å². The van der Waals surface area contributed by atoms with Crippen LogP contribution in [0.15, 0.2) is 0 Å². The van der Waals surface area contributed by atoms with E-state index in [1.165, 1.54) is 103 Å². The van der Waals surface area contributed by atoms with Crippen LogP contribution in [0.4, 0.5) is 0 Å². The topological polar surface area (TPSA) is 148 Å². The largest absolute Gasteiger partial charge is 0.355 e. The molecule has 0 aliphatic rings. The van der Waals surface area contributed by atoms with Crippen molar-refractivity contribution in [3.63, 3.8) is 0 Å². The maximum absolute atomic E-state index is 12.8. The van der Waals surface area contributed by atoms with Crippen LogP contribution >= 0.6 is 0 Å². The van der Waals surface area contributed by atoms with Crippen LogP contribution in [0.3, 0.4) is 0 Å². The molecule has 2 atom stereocenters. The molecule has 0 saturated carbocycles. The smallest absolute Gasteiger partial charge is 0.237 e. The monoisotopic (exact) mass is 625 g/mol. The van der Waals surface area contributed by atoms with Gasteiger partial charge in [0.15, 0.2) is 0 Å². The molecule has 8 nitrogen and oxygen atoms in total. The standard InChI is InChI=1S/C36H76N6O2/c1-2-3-4-5-6-7-10-13-16-23-30-40-34(27-20-22-29-38)36(44)42-32-25-18-15-12-9-8-11-14-17-24-31-41-35(43)33(39)26-19-21-28-37/h33-34,40H,2-32,37-39H2,1H3,(H,41,43)(H,42,44)/t33-,34-/m0/s1. The lowest BCUT2D eigenvalue weighted by Gasteiger charge is -2.18. The van der Waals surface area contributed by atoms with Gasteiger partial charge in [-0.15, -0.1) is 0 Å². The lowest BCUT2D eigenvalue weighted by Crippen LogP contribution is -2.44. The number of hydrogen-bond donors (Lipinski definition) is 6. The molecule has 0 rings (SSSR count). The van der Waals surface area contributed by atoms with Gasteiger partial charge in [0.05, 0.1) is 12.1 Å². The van der Waals surface area contributed by atoms with Crippen molar-refractivity contribution in [3.05, 3.63) is 0 Å². The molecule has 0 radical (unpaired) electrons. The zero-order valence-electron chi connectivity index (χ0n) is 29.1. The van der Waals surface area contributed by atoms with Crippen molar-refractivity contribution in [1.29, 1.82) is 0 Å². The zero-order chi connectivity index (χ0) is 32.4. The molecule has 0 heterocycles. The third-order valence-corrected chi connectivity index (χ3v) is 8.69. The Balaban J connectivity index is 3.71. The Hall–Kier alpha value is -1.22. The second-order valence-electron chi connectivity index (χ2n) is 13.0. The molecule has 262 valence electrons. The van der Waals surface area contributed by atoms with E-state index in [4.69, 9.17) is 17.2 Å². The highest BCUT2D eigenvalue weighted by Gasteiger charge is 2.16. The van der Waals surface area contributed by atoms with E-state index in [2.05, 4.69) is 22.9 Å². The highest BCUT2D eigenvalue weighted by atomic mass is 16.2. The Morgan fingerprint density at radius 2 is 0.864 bits per heavy atom. The van der Waals surface area contributed by atoms with Crippen molar-refractivity contribution in [2.45, 2.75) is 186 Å². The lowest BCUT2D eigenvalue weighted by atomic mass is 10.1. The molecule has 0 aromatic rings. The molecule has 0 aromatic heterocycles. The fourth-order valence-corrected chi connectivity index (χ4v) is 5.69. The van der Waals surface area contributed by atoms with Gasteiger partial charge in [-0.2, -0.15) is 0 Å². The summed E-state index contributed by atoms with van der Waals surface area (Å²) in [5, 5.41) is 9.69. The zero-order valence-corrected chi connectivity index (χ0v) is 29.1. The van der Waals surface area contributed by atoms with Gasteiger partial charge < -0.3 is 33.2 Å². The number of carbonyl (C=O) groups excluding carboxylic acids is 2. The van der Waals surface area contributed by atoms with Gasteiger partial charge in [0.2, 0.25) is 11.8 Å². The molecule has 0 saturated heterocycles. The van der Waals surface area contributed by atoms with Crippen LogP contribution in [-0.4, -0.2) is 56.6 Å². The van der Waals surface area contributed by atoms with E-state index in [0.29, 0.717) is 19.5 Å². The minimum Gasteiger partial charge on any atom is -0.355 e. The minimum absolute atomic E-state index is 0.0276. The van der Waals surface area contributed by atoms with E-state index < -0.39 is 6.04 Å². The molecule has 44 heavy (non-hydrogen) atoms. The van der Waals surface area contributed by atoms with Crippen molar-refractivity contribution >= 4 is 11.8 Å². The predicted octanol–water partition coefficient (Wildman–Crippen LogP) is 6.58. The highest BCUT2D eigenvalue weighted by Crippen LogP contribution is 2.12. The molecule has 2 amide bonds. The predicted molar refractivity (Wildman–Crippen MR) is 190 cm³/mol. The van der Waals surface area contributed by atoms with E-state index >= 15 is 0 Å². The van der Waals surface area contributed by atoms with Gasteiger partial charge in [-0.3, -0.25) is 9.59 Å². The van der Waals surface area contributed by atoms with Gasteiger partial charge in [0.25, 0.3) is 0 Å². The first-order chi connectivity index (χ1) is 21.6. The first-order valence-electron chi connectivity index (χ1n) is 19.0. The minimum atomic E-state index is -0.401. The molecule has 0 aromatic carbocycles. The van der Waals surface area contributed by atoms with Crippen molar-refractivity contribution in [1.82, 2.24) is 16.0 Å². The van der Waals surface area contributed by atoms with Crippen LogP contribution in [0.2, 0.25) is 0 Å². The van der Waals surface area contributed by atoms with E-state index in [1.54, 1.807) is 0 Å². The quantitative estimate of drug-likeness (QED) is 0.0439. The molecule has 0 fully saturated rings. The molecule has 0 unspecified atom stereocenters. The Bertz CT molecular complexity index is 621. The normalized spacial score (nSPS) is 12.7. The maximum atomic E-state index is 12.8. The molecule has 0 aliphatic carbocycles. The van der Waals surface area contributed by atoms with Crippen LogP contribution in [-0.2, 0) is 9.59 Å². The number of rotatable bonds is 35. The highest BCUT2D eigenvalue weighted by molar-refractivity contribution is 5.81. The second kappa shape index (κ2) is 34.6. The SMILES string of the molecule is CCCCCCCCCCCCN[C@@H](CCCCN)C(=O)NCCCCCCCCCCCCNC(=O)[C@@H](N)CCCCN. The first kappa shape index (κ1) is 42.8. The number of nitrogens with one attached hydrogen (secondary N) is 3. The number of nitrogens with two attached hydrogens (primary N) is 3. The molecule has 0 aliphatic heterocycles. The van der Waals surface area contributed by atoms with Gasteiger partial charge in [0, 0.05) is 13.1 Å². The molecular formula is C36H76N6O2. The molecule has 0 bridgehead atoms. The van der Waals surface area contributed by atoms with Gasteiger partial charge in [-0.25, -0.2) is 0 Å². The number of unbranched alkanes of at least 4 members (excludes halogenated alkanes) is 20. The van der Waals surface area contributed by atoms with Crippen molar-refractivity contribution in [2.75, 3.05) is 32.7 Å². The van der Waals surface area contributed by atoms with E-state index in [1.807, 2.05) is 0 Å². The van der Waals surface area contributed by atoms with Crippen LogP contribution < -0.4 is 33.2 Å². The van der Waals surface area contributed by atoms with Crippen LogP contribution in [0.1, 0.15) is 174 Å². The third-order valence-electron chi connectivity index (χ3n) is 8.69. The van der Waals surface area contributed by atoms with Gasteiger partial charge >= 0.3 is 0 Å². The first-order valence-corrected chi connectivity index (χ1v) is 19.0. The summed E-state index contributed by atoms with van der Waals surface area (Å²) in [7, 11) is 0. The number of amides is 2. The van der Waals surface area contributed by atoms with Crippen molar-refractivity contribution in [3.8, 4) is 0 Å². The van der Waals surface area contributed by atoms with Crippen LogP contribution in [0.5, 0.6) is 0 Å². The maximum Gasteiger partial charge on any atom is 0.237 e. The van der Waals surface area contributed by atoms with Crippen molar-refractivity contribution < 1.29 is 9.59 Å².